The Hall–Kier alpha value is -9.02. The first-order valence-corrected chi connectivity index (χ1v) is 16.1. The maximum absolute atomic E-state index is 10.7. The van der Waals surface area contributed by atoms with Crippen molar-refractivity contribution < 1.29 is 0 Å². The first-order valence-electron chi connectivity index (χ1n) is 16.1. The van der Waals surface area contributed by atoms with Crippen molar-refractivity contribution in [3.8, 4) is 24.3 Å². The molecule has 5 aromatic carbocycles. The summed E-state index contributed by atoms with van der Waals surface area (Å²) in [6.45, 7) is 31.7. The summed E-state index contributed by atoms with van der Waals surface area (Å²) in [5.74, 6) is 0. The average molecular weight is 683 g/mol. The van der Waals surface area contributed by atoms with Crippen LogP contribution in [0.25, 0.3) is 64.2 Å². The lowest BCUT2D eigenvalue weighted by Crippen LogP contribution is -1.95. The predicted molar refractivity (Wildman–Crippen MR) is 206 cm³/mol. The molecule has 54 heavy (non-hydrogen) atoms. The highest BCUT2D eigenvalue weighted by atomic mass is 14.7. The number of allylic oxidation sites excluding steroid dienone is 6. The minimum absolute atomic E-state index is 0.239. The van der Waals surface area contributed by atoms with Crippen molar-refractivity contribution in [3.63, 3.8) is 0 Å². The van der Waals surface area contributed by atoms with Crippen molar-refractivity contribution in [3.05, 3.63) is 210 Å². The van der Waals surface area contributed by atoms with Crippen LogP contribution in [-0.4, -0.2) is 0 Å². The number of rotatable bonds is 4. The summed E-state index contributed by atoms with van der Waals surface area (Å²) in [4.78, 5) is 14.9. The Labute approximate surface area is 311 Å². The summed E-state index contributed by atoms with van der Waals surface area (Å²) in [7, 11) is 0. The third-order valence-corrected chi connectivity index (χ3v) is 9.28. The Balaban J connectivity index is 1.54. The van der Waals surface area contributed by atoms with Crippen LogP contribution in [0.15, 0.2) is 109 Å². The normalized spacial score (nSPS) is 14.1. The fourth-order valence-corrected chi connectivity index (χ4v) is 6.91. The monoisotopic (exact) mass is 682 g/mol. The first-order chi connectivity index (χ1) is 26.4. The first kappa shape index (κ1) is 33.5. The maximum atomic E-state index is 10.7. The Bertz CT molecular complexity index is 2780. The smallest absolute Gasteiger partial charge is 0.201 e. The van der Waals surface area contributed by atoms with E-state index in [1.165, 1.54) is 0 Å². The molecule has 0 heterocycles. The summed E-state index contributed by atoms with van der Waals surface area (Å²) in [6, 6.07) is 39.4. The van der Waals surface area contributed by atoms with Crippen LogP contribution in [0, 0.1) is 71.6 Å². The lowest BCUT2D eigenvalue weighted by Gasteiger charge is -2.16. The Morgan fingerprint density at radius 1 is 0.500 bits per heavy atom. The number of hydrogen-bond donors (Lipinski definition) is 0. The molecule has 0 bridgehead atoms. The molecule has 0 saturated carbocycles. The van der Waals surface area contributed by atoms with Crippen LogP contribution in [0.2, 0.25) is 0 Å². The van der Waals surface area contributed by atoms with Gasteiger partial charge < -0.3 is 0 Å². The zero-order chi connectivity index (χ0) is 37.9. The molecule has 0 fully saturated rings. The number of hydrogen-bond acceptors (Lipinski definition) is 4. The Morgan fingerprint density at radius 2 is 1.11 bits per heavy atom. The van der Waals surface area contributed by atoms with Gasteiger partial charge >= 0.3 is 0 Å². The van der Waals surface area contributed by atoms with Gasteiger partial charge in [-0.25, -0.2) is 19.4 Å². The van der Waals surface area contributed by atoms with Crippen LogP contribution in [0.1, 0.15) is 55.6 Å². The number of nitrogens with zero attached hydrogens (tertiary/aromatic N) is 8. The van der Waals surface area contributed by atoms with E-state index in [1.54, 1.807) is 91.0 Å². The molecule has 0 atom stereocenters. The summed E-state index contributed by atoms with van der Waals surface area (Å²) in [5.41, 5.74) is 8.79. The maximum Gasteiger partial charge on any atom is 0.201 e. The third-order valence-electron chi connectivity index (χ3n) is 9.28. The van der Waals surface area contributed by atoms with Crippen LogP contribution in [0.5, 0.6) is 0 Å². The molecular weight excluding hydrogens is 665 g/mol. The second kappa shape index (κ2) is 13.7. The van der Waals surface area contributed by atoms with E-state index in [-0.39, 0.29) is 22.5 Å². The second-order valence-electron chi connectivity index (χ2n) is 12.0. The summed E-state index contributed by atoms with van der Waals surface area (Å²) >= 11 is 0. The zero-order valence-electron chi connectivity index (χ0n) is 28.0. The SMILES string of the molecule is [C-]#[N+]C1=C(c2cccc(C3=C(C#N)c4cc([N+]#[C-])ccc4/C3=C(/C#N)c3ccc([N+]#[C-])cc3)c2)/C(=C(\[N+]#[C-])c2ccc(C#N)cc2)c2ccc(C#N)cc21. The van der Waals surface area contributed by atoms with E-state index in [0.29, 0.717) is 89.3 Å². The fourth-order valence-electron chi connectivity index (χ4n) is 6.91. The molecule has 0 radical (unpaired) electrons. The van der Waals surface area contributed by atoms with Gasteiger partial charge in [0, 0.05) is 11.1 Å². The standard InChI is InChI=1S/C46H18N8/c1-51-33-15-13-29(14-16-33)39(25-49)43-35-19-17-34(52-2)22-37(35)40(26-50)41(43)31-6-5-7-32(21-31)42-44(45(53-3)30-11-8-27(23-47)9-12-30)36-18-10-28(24-48)20-38(36)46(42)54-4/h5-22H/b43-39+,45-44-. The molecule has 0 N–H and O–H groups in total. The third kappa shape index (κ3) is 5.35. The van der Waals surface area contributed by atoms with Gasteiger partial charge in [-0.15, -0.1) is 0 Å². The van der Waals surface area contributed by atoms with Gasteiger partial charge in [0.05, 0.1) is 60.7 Å². The molecule has 8 heteroatoms. The number of benzene rings is 5. The largest absolute Gasteiger partial charge is 0.238 e. The van der Waals surface area contributed by atoms with Gasteiger partial charge in [0.15, 0.2) is 11.4 Å². The highest BCUT2D eigenvalue weighted by molar-refractivity contribution is 6.32. The topological polar surface area (TPSA) is 113 Å². The second-order valence-corrected chi connectivity index (χ2v) is 12.0. The van der Waals surface area contributed by atoms with Gasteiger partial charge in [-0.05, 0) is 92.1 Å². The quantitative estimate of drug-likeness (QED) is 0.139. The molecule has 7 rings (SSSR count). The summed E-state index contributed by atoms with van der Waals surface area (Å²) in [5, 5.41) is 40.5. The molecule has 0 amide bonds. The fraction of sp³-hybridized carbons (Fsp3) is 0. The van der Waals surface area contributed by atoms with Gasteiger partial charge in [0.2, 0.25) is 11.4 Å². The lowest BCUT2D eigenvalue weighted by atomic mass is 9.87. The molecule has 2 aliphatic rings. The molecule has 2 aliphatic carbocycles. The minimum Gasteiger partial charge on any atom is -0.238 e. The highest BCUT2D eigenvalue weighted by Gasteiger charge is 2.34. The van der Waals surface area contributed by atoms with E-state index >= 15 is 0 Å². The average Bonchev–Trinajstić information content (AvgIpc) is 3.73. The van der Waals surface area contributed by atoms with Crippen LogP contribution >= 0.6 is 0 Å². The van der Waals surface area contributed by atoms with Crippen LogP contribution < -0.4 is 0 Å². The molecule has 0 saturated heterocycles. The van der Waals surface area contributed by atoms with Crippen LogP contribution in [0.3, 0.4) is 0 Å². The van der Waals surface area contributed by atoms with Gasteiger partial charge in [0.25, 0.3) is 0 Å². The van der Waals surface area contributed by atoms with Gasteiger partial charge in [-0.3, -0.25) is 0 Å². The van der Waals surface area contributed by atoms with Gasteiger partial charge in [-0.1, -0.05) is 72.8 Å². The van der Waals surface area contributed by atoms with Gasteiger partial charge in [0.1, 0.15) is 12.1 Å². The van der Waals surface area contributed by atoms with E-state index < -0.39 is 0 Å². The molecule has 0 spiro atoms. The van der Waals surface area contributed by atoms with Crippen molar-refractivity contribution in [2.75, 3.05) is 0 Å². The predicted octanol–water partition coefficient (Wildman–Crippen LogP) is 11.0. The molecule has 0 aromatic heterocycles. The van der Waals surface area contributed by atoms with E-state index in [1.807, 2.05) is 18.2 Å². The number of fused-ring (bicyclic) bond motifs is 2. The zero-order valence-corrected chi connectivity index (χ0v) is 28.0. The molecule has 0 unspecified atom stereocenters. The molecule has 8 nitrogen and oxygen atoms in total. The lowest BCUT2D eigenvalue weighted by molar-refractivity contribution is 1.46. The van der Waals surface area contributed by atoms with Gasteiger partial charge in [-0.2, -0.15) is 21.0 Å². The van der Waals surface area contributed by atoms with Crippen molar-refractivity contribution >= 4 is 56.2 Å². The van der Waals surface area contributed by atoms with Crippen molar-refractivity contribution in [2.24, 2.45) is 0 Å². The van der Waals surface area contributed by atoms with Crippen molar-refractivity contribution in [1.82, 2.24) is 0 Å². The Morgan fingerprint density at radius 3 is 1.72 bits per heavy atom. The van der Waals surface area contributed by atoms with E-state index in [4.69, 9.17) is 26.3 Å². The van der Waals surface area contributed by atoms with E-state index in [9.17, 15) is 21.0 Å². The molecule has 5 aromatic rings. The number of nitriles is 4. The summed E-state index contributed by atoms with van der Waals surface area (Å²) < 4.78 is 0. The van der Waals surface area contributed by atoms with Crippen LogP contribution in [-0.2, 0) is 0 Å². The van der Waals surface area contributed by atoms with Crippen molar-refractivity contribution in [2.45, 2.75) is 0 Å². The van der Waals surface area contributed by atoms with E-state index in [0.717, 1.165) is 0 Å². The molecular formula is C46H18N8. The van der Waals surface area contributed by atoms with E-state index in [2.05, 4.69) is 43.7 Å². The molecule has 0 aliphatic heterocycles. The minimum atomic E-state index is 0.239. The van der Waals surface area contributed by atoms with Crippen LogP contribution in [0.4, 0.5) is 11.4 Å². The van der Waals surface area contributed by atoms with Crippen molar-refractivity contribution in [1.29, 1.82) is 21.0 Å². The summed E-state index contributed by atoms with van der Waals surface area (Å²) in [6.07, 6.45) is 0. The highest BCUT2D eigenvalue weighted by Crippen LogP contribution is 2.53. The molecule has 242 valence electrons. The Kier molecular flexibility index (Phi) is 8.50.